The van der Waals surface area contributed by atoms with Gasteiger partial charge in [0.25, 0.3) is 5.91 Å². The summed E-state index contributed by atoms with van der Waals surface area (Å²) < 4.78 is 0. The van der Waals surface area contributed by atoms with E-state index in [2.05, 4.69) is 58.1 Å². The van der Waals surface area contributed by atoms with Gasteiger partial charge in [-0.15, -0.1) is 0 Å². The summed E-state index contributed by atoms with van der Waals surface area (Å²) in [5.74, 6) is 0.0898. The van der Waals surface area contributed by atoms with Gasteiger partial charge in [-0.2, -0.15) is 0 Å². The number of benzene rings is 1. The van der Waals surface area contributed by atoms with E-state index in [1.165, 1.54) is 12.1 Å². The van der Waals surface area contributed by atoms with Crippen molar-refractivity contribution in [2.24, 2.45) is 0 Å². The lowest BCUT2D eigenvalue weighted by Crippen LogP contribution is -2.46. The molecule has 0 spiro atoms. The Morgan fingerprint density at radius 3 is 2.29 bits per heavy atom. The van der Waals surface area contributed by atoms with Crippen molar-refractivity contribution in [2.45, 2.75) is 38.6 Å². The number of amides is 1. The summed E-state index contributed by atoms with van der Waals surface area (Å²) in [4.78, 5) is 24.2. The Bertz CT molecular complexity index is 769. The lowest BCUT2D eigenvalue weighted by Gasteiger charge is -2.37. The van der Waals surface area contributed by atoms with E-state index in [9.17, 15) is 4.79 Å². The topological polar surface area (TPSA) is 39.7 Å². The highest BCUT2D eigenvalue weighted by Gasteiger charge is 2.27. The van der Waals surface area contributed by atoms with E-state index in [4.69, 9.17) is 0 Å². The van der Waals surface area contributed by atoms with E-state index in [0.29, 0.717) is 11.7 Å². The maximum Gasteiger partial charge on any atom is 0.272 e. The highest BCUT2D eigenvalue weighted by molar-refractivity contribution is 5.92. The predicted octanol–water partition coefficient (Wildman–Crippen LogP) is 3.81. The number of carbonyl (C=O) groups is 1. The fourth-order valence-corrected chi connectivity index (χ4v) is 4.40. The van der Waals surface area contributed by atoms with Crippen molar-refractivity contribution < 1.29 is 4.79 Å². The Balaban J connectivity index is 1.38. The molecule has 1 atom stereocenters. The smallest absolute Gasteiger partial charge is 0.272 e. The molecule has 0 N–H and O–H groups in total. The number of rotatable bonds is 4. The fourth-order valence-electron chi connectivity index (χ4n) is 4.40. The van der Waals surface area contributed by atoms with Gasteiger partial charge in [0.05, 0.1) is 11.9 Å². The average Bonchev–Trinajstić information content (AvgIpc) is 2.79. The first-order valence-corrected chi connectivity index (χ1v) is 10.6. The number of pyridine rings is 1. The Morgan fingerprint density at radius 2 is 1.64 bits per heavy atom. The molecule has 28 heavy (non-hydrogen) atoms. The normalized spacial score (nSPS) is 20.3. The molecule has 2 aliphatic heterocycles. The monoisotopic (exact) mass is 378 g/mol. The first-order valence-electron chi connectivity index (χ1n) is 10.6. The SMILES string of the molecule is CCC1CCCCN1C(=O)c1ccc(N2CCN(c3ccccc3)CC2)cn1. The van der Waals surface area contributed by atoms with Gasteiger partial charge in [0.1, 0.15) is 5.69 Å². The van der Waals surface area contributed by atoms with Crippen molar-refractivity contribution in [3.8, 4) is 0 Å². The molecule has 1 aromatic heterocycles. The zero-order valence-corrected chi connectivity index (χ0v) is 16.8. The summed E-state index contributed by atoms with van der Waals surface area (Å²) in [6, 6.07) is 14.9. The first kappa shape index (κ1) is 18.8. The summed E-state index contributed by atoms with van der Waals surface area (Å²) in [5, 5.41) is 0. The fraction of sp³-hybridized carbons (Fsp3) is 0.478. The molecule has 1 aromatic carbocycles. The molecule has 1 amide bonds. The summed E-state index contributed by atoms with van der Waals surface area (Å²) in [7, 11) is 0. The third-order valence-electron chi connectivity index (χ3n) is 6.09. The maximum absolute atomic E-state index is 12.9. The van der Waals surface area contributed by atoms with Crippen LogP contribution in [0, 0.1) is 0 Å². The third-order valence-corrected chi connectivity index (χ3v) is 6.09. The van der Waals surface area contributed by atoms with Gasteiger partial charge >= 0.3 is 0 Å². The van der Waals surface area contributed by atoms with Crippen LogP contribution < -0.4 is 9.80 Å². The van der Waals surface area contributed by atoms with Crippen LogP contribution in [0.15, 0.2) is 48.7 Å². The van der Waals surface area contributed by atoms with E-state index in [0.717, 1.165) is 57.7 Å². The molecule has 5 nitrogen and oxygen atoms in total. The van der Waals surface area contributed by atoms with Gasteiger partial charge in [0.2, 0.25) is 0 Å². The van der Waals surface area contributed by atoms with Crippen LogP contribution in [0.25, 0.3) is 0 Å². The number of para-hydroxylation sites is 1. The second-order valence-electron chi connectivity index (χ2n) is 7.77. The van der Waals surface area contributed by atoms with Gasteiger partial charge in [-0.1, -0.05) is 25.1 Å². The number of anilines is 2. The van der Waals surface area contributed by atoms with E-state index < -0.39 is 0 Å². The molecule has 0 saturated carbocycles. The number of aromatic nitrogens is 1. The minimum atomic E-state index is 0.0898. The van der Waals surface area contributed by atoms with Crippen LogP contribution in [0.4, 0.5) is 11.4 Å². The molecule has 2 fully saturated rings. The molecule has 2 saturated heterocycles. The standard InChI is InChI=1S/C23H30N4O/c1-2-19-8-6-7-13-27(19)23(28)22-12-11-21(18-24-22)26-16-14-25(15-17-26)20-9-4-3-5-10-20/h3-5,9-12,18-19H,2,6-8,13-17H2,1H3. The van der Waals surface area contributed by atoms with Crippen molar-refractivity contribution in [3.63, 3.8) is 0 Å². The molecule has 2 aliphatic rings. The Labute approximate surface area is 168 Å². The van der Waals surface area contributed by atoms with Gasteiger partial charge in [-0.3, -0.25) is 4.79 Å². The van der Waals surface area contributed by atoms with E-state index in [-0.39, 0.29) is 5.91 Å². The lowest BCUT2D eigenvalue weighted by molar-refractivity contribution is 0.0602. The van der Waals surface area contributed by atoms with Crippen molar-refractivity contribution in [3.05, 3.63) is 54.4 Å². The summed E-state index contributed by atoms with van der Waals surface area (Å²) in [6.45, 7) is 6.96. The first-order chi connectivity index (χ1) is 13.8. The van der Waals surface area contributed by atoms with E-state index in [1.54, 1.807) is 0 Å². The number of likely N-dealkylation sites (tertiary alicyclic amines) is 1. The molecule has 0 radical (unpaired) electrons. The Kier molecular flexibility index (Phi) is 5.79. The molecular formula is C23H30N4O. The van der Waals surface area contributed by atoms with Crippen LogP contribution in [0.5, 0.6) is 0 Å². The lowest BCUT2D eigenvalue weighted by atomic mass is 9.99. The zero-order chi connectivity index (χ0) is 19.3. The number of nitrogens with zero attached hydrogens (tertiary/aromatic N) is 4. The van der Waals surface area contributed by atoms with Crippen LogP contribution in [-0.4, -0.2) is 54.6 Å². The number of hydrogen-bond acceptors (Lipinski definition) is 4. The molecule has 5 heteroatoms. The minimum Gasteiger partial charge on any atom is -0.368 e. The molecule has 1 unspecified atom stereocenters. The van der Waals surface area contributed by atoms with Crippen LogP contribution in [0.1, 0.15) is 43.1 Å². The summed E-state index contributed by atoms with van der Waals surface area (Å²) in [6.07, 6.45) is 6.34. The zero-order valence-electron chi connectivity index (χ0n) is 16.8. The summed E-state index contributed by atoms with van der Waals surface area (Å²) in [5.41, 5.74) is 2.97. The summed E-state index contributed by atoms with van der Waals surface area (Å²) >= 11 is 0. The molecule has 148 valence electrons. The van der Waals surface area contributed by atoms with Crippen molar-refractivity contribution in [1.82, 2.24) is 9.88 Å². The minimum absolute atomic E-state index is 0.0898. The number of piperidine rings is 1. The van der Waals surface area contributed by atoms with Crippen LogP contribution in [-0.2, 0) is 0 Å². The largest absolute Gasteiger partial charge is 0.368 e. The number of carbonyl (C=O) groups excluding carboxylic acids is 1. The molecule has 0 aliphatic carbocycles. The molecular weight excluding hydrogens is 348 g/mol. The predicted molar refractivity (Wildman–Crippen MR) is 114 cm³/mol. The Morgan fingerprint density at radius 1 is 0.929 bits per heavy atom. The molecule has 3 heterocycles. The second kappa shape index (κ2) is 8.63. The van der Waals surface area contributed by atoms with Gasteiger partial charge in [-0.05, 0) is 49.9 Å². The third kappa shape index (κ3) is 3.98. The molecule has 0 bridgehead atoms. The van der Waals surface area contributed by atoms with Gasteiger partial charge in [0, 0.05) is 44.5 Å². The quantitative estimate of drug-likeness (QED) is 0.811. The van der Waals surface area contributed by atoms with Crippen LogP contribution >= 0.6 is 0 Å². The van der Waals surface area contributed by atoms with Crippen molar-refractivity contribution in [2.75, 3.05) is 42.5 Å². The molecule has 4 rings (SSSR count). The Hall–Kier alpha value is -2.56. The van der Waals surface area contributed by atoms with Crippen LogP contribution in [0.3, 0.4) is 0 Å². The average molecular weight is 379 g/mol. The van der Waals surface area contributed by atoms with Gasteiger partial charge < -0.3 is 14.7 Å². The van der Waals surface area contributed by atoms with E-state index >= 15 is 0 Å². The second-order valence-corrected chi connectivity index (χ2v) is 7.77. The maximum atomic E-state index is 12.9. The van der Waals surface area contributed by atoms with Crippen molar-refractivity contribution >= 4 is 17.3 Å². The van der Waals surface area contributed by atoms with E-state index in [1.807, 2.05) is 17.2 Å². The van der Waals surface area contributed by atoms with Gasteiger partial charge in [-0.25, -0.2) is 4.98 Å². The highest BCUT2D eigenvalue weighted by Crippen LogP contribution is 2.23. The van der Waals surface area contributed by atoms with Crippen molar-refractivity contribution in [1.29, 1.82) is 0 Å². The number of piperazine rings is 1. The van der Waals surface area contributed by atoms with Crippen LogP contribution in [0.2, 0.25) is 0 Å². The molecule has 2 aromatic rings. The highest BCUT2D eigenvalue weighted by atomic mass is 16.2. The van der Waals surface area contributed by atoms with Gasteiger partial charge in [0.15, 0.2) is 0 Å². The number of hydrogen-bond donors (Lipinski definition) is 0.